The highest BCUT2D eigenvalue weighted by Crippen LogP contribution is 2.24. The van der Waals surface area contributed by atoms with Gasteiger partial charge in [-0.1, -0.05) is 6.07 Å². The van der Waals surface area contributed by atoms with Crippen LogP contribution in [-0.4, -0.2) is 35.3 Å². The van der Waals surface area contributed by atoms with E-state index in [1.165, 1.54) is 12.1 Å². The summed E-state index contributed by atoms with van der Waals surface area (Å²) < 4.78 is 46.0. The van der Waals surface area contributed by atoms with E-state index in [2.05, 4.69) is 0 Å². The second-order valence-corrected chi connectivity index (χ2v) is 7.48. The molecule has 0 bridgehead atoms. The first kappa shape index (κ1) is 13.7. The van der Waals surface area contributed by atoms with Crippen molar-refractivity contribution in [2.75, 3.05) is 12.5 Å². The van der Waals surface area contributed by atoms with Crippen molar-refractivity contribution < 1.29 is 21.6 Å². The number of nitrogens with two attached hydrogens (primary N) is 1. The van der Waals surface area contributed by atoms with Gasteiger partial charge in [-0.2, -0.15) is 0 Å². The SMILES string of the molecule is CS(=O)(=O)c1cccc(C(N)=O)c1S(C)(=O)=O. The van der Waals surface area contributed by atoms with Gasteiger partial charge in [0.2, 0.25) is 5.91 Å². The van der Waals surface area contributed by atoms with E-state index in [9.17, 15) is 21.6 Å². The number of hydrogen-bond acceptors (Lipinski definition) is 5. The molecule has 94 valence electrons. The molecule has 0 aliphatic rings. The second-order valence-electron chi connectivity index (χ2n) is 3.54. The number of rotatable bonds is 3. The van der Waals surface area contributed by atoms with Crippen molar-refractivity contribution >= 4 is 25.6 Å². The maximum atomic E-state index is 11.6. The van der Waals surface area contributed by atoms with Crippen LogP contribution in [0.15, 0.2) is 28.0 Å². The average Bonchev–Trinajstić information content (AvgIpc) is 2.13. The standard InChI is InChI=1S/C9H11NO5S2/c1-16(12,13)7-5-3-4-6(9(10)11)8(7)17(2,14)15/h3-5H,1-2H3,(H2,10,11). The monoisotopic (exact) mass is 277 g/mol. The predicted molar refractivity (Wildman–Crippen MR) is 61.2 cm³/mol. The fourth-order valence-corrected chi connectivity index (χ4v) is 4.07. The van der Waals surface area contributed by atoms with Crippen LogP contribution in [0.2, 0.25) is 0 Å². The number of carbonyl (C=O) groups is 1. The third-order valence-electron chi connectivity index (χ3n) is 2.01. The predicted octanol–water partition coefficient (Wildman–Crippen LogP) is -0.407. The molecule has 8 heteroatoms. The molecule has 0 aliphatic heterocycles. The summed E-state index contributed by atoms with van der Waals surface area (Å²) in [5.41, 5.74) is 4.70. The van der Waals surface area contributed by atoms with Crippen LogP contribution >= 0.6 is 0 Å². The zero-order chi connectivity index (χ0) is 13.4. The zero-order valence-corrected chi connectivity index (χ0v) is 10.8. The van der Waals surface area contributed by atoms with Crippen LogP contribution in [0, 0.1) is 0 Å². The smallest absolute Gasteiger partial charge is 0.250 e. The topological polar surface area (TPSA) is 111 Å². The van der Waals surface area contributed by atoms with E-state index in [0.717, 1.165) is 18.6 Å². The summed E-state index contributed by atoms with van der Waals surface area (Å²) in [6.45, 7) is 0. The van der Waals surface area contributed by atoms with Crippen LogP contribution in [-0.2, 0) is 19.7 Å². The molecule has 0 heterocycles. The van der Waals surface area contributed by atoms with Crippen molar-refractivity contribution in [3.63, 3.8) is 0 Å². The molecule has 1 rings (SSSR count). The van der Waals surface area contributed by atoms with Crippen LogP contribution in [0.1, 0.15) is 10.4 Å². The Kier molecular flexibility index (Phi) is 3.30. The van der Waals surface area contributed by atoms with E-state index in [4.69, 9.17) is 5.73 Å². The molecule has 0 fully saturated rings. The molecule has 1 amide bonds. The summed E-state index contributed by atoms with van der Waals surface area (Å²) in [7, 11) is -7.63. The Bertz CT molecular complexity index is 673. The minimum Gasteiger partial charge on any atom is -0.366 e. The average molecular weight is 277 g/mol. The third kappa shape index (κ3) is 2.83. The molecular formula is C9H11NO5S2. The lowest BCUT2D eigenvalue weighted by Crippen LogP contribution is -2.18. The Morgan fingerprint density at radius 2 is 1.59 bits per heavy atom. The van der Waals surface area contributed by atoms with E-state index in [1.54, 1.807) is 0 Å². The van der Waals surface area contributed by atoms with E-state index in [0.29, 0.717) is 0 Å². The van der Waals surface area contributed by atoms with Crippen molar-refractivity contribution in [3.8, 4) is 0 Å². The van der Waals surface area contributed by atoms with Crippen LogP contribution in [0.5, 0.6) is 0 Å². The molecule has 6 nitrogen and oxygen atoms in total. The summed E-state index contributed by atoms with van der Waals surface area (Å²) in [4.78, 5) is 10.1. The Morgan fingerprint density at radius 1 is 1.06 bits per heavy atom. The number of sulfone groups is 2. The second kappa shape index (κ2) is 4.11. The molecule has 0 aromatic heterocycles. The van der Waals surface area contributed by atoms with E-state index in [1.807, 2.05) is 0 Å². The summed E-state index contributed by atoms with van der Waals surface area (Å²) in [5.74, 6) is -0.990. The highest BCUT2D eigenvalue weighted by atomic mass is 32.2. The first-order chi connectivity index (χ1) is 7.55. The molecule has 0 radical (unpaired) electrons. The molecule has 0 aliphatic carbocycles. The Labute approximate surface area is 99.3 Å². The van der Waals surface area contributed by atoms with Gasteiger partial charge in [-0.15, -0.1) is 0 Å². The van der Waals surface area contributed by atoms with Crippen molar-refractivity contribution in [1.82, 2.24) is 0 Å². The molecule has 0 spiro atoms. The van der Waals surface area contributed by atoms with E-state index in [-0.39, 0.29) is 5.56 Å². The molecule has 1 aromatic carbocycles. The molecule has 1 aromatic rings. The van der Waals surface area contributed by atoms with Crippen molar-refractivity contribution in [3.05, 3.63) is 23.8 Å². The molecule has 0 atom stereocenters. The number of hydrogen-bond donors (Lipinski definition) is 1. The lowest BCUT2D eigenvalue weighted by molar-refractivity contribution is 0.0996. The summed E-state index contributed by atoms with van der Waals surface area (Å²) in [6.07, 6.45) is 1.69. The molecule has 17 heavy (non-hydrogen) atoms. The van der Waals surface area contributed by atoms with Crippen molar-refractivity contribution in [2.45, 2.75) is 9.79 Å². The largest absolute Gasteiger partial charge is 0.366 e. The van der Waals surface area contributed by atoms with Gasteiger partial charge in [-0.3, -0.25) is 4.79 Å². The van der Waals surface area contributed by atoms with Gasteiger partial charge in [-0.05, 0) is 12.1 Å². The van der Waals surface area contributed by atoms with Crippen LogP contribution < -0.4 is 5.73 Å². The highest BCUT2D eigenvalue weighted by molar-refractivity contribution is 7.93. The van der Waals surface area contributed by atoms with Gasteiger partial charge in [0.25, 0.3) is 0 Å². The van der Waals surface area contributed by atoms with Gasteiger partial charge in [0, 0.05) is 12.5 Å². The summed E-state index contributed by atoms with van der Waals surface area (Å²) in [5, 5.41) is 0. The normalized spacial score (nSPS) is 12.4. The van der Waals surface area contributed by atoms with Crippen LogP contribution in [0.25, 0.3) is 0 Å². The van der Waals surface area contributed by atoms with Gasteiger partial charge in [-0.25, -0.2) is 16.8 Å². The van der Waals surface area contributed by atoms with Gasteiger partial charge in [0.15, 0.2) is 19.7 Å². The molecule has 2 N–H and O–H groups in total. The maximum Gasteiger partial charge on any atom is 0.250 e. The molecule has 0 saturated heterocycles. The number of primary amides is 1. The van der Waals surface area contributed by atoms with Crippen molar-refractivity contribution in [2.24, 2.45) is 5.73 Å². The van der Waals surface area contributed by atoms with Crippen molar-refractivity contribution in [1.29, 1.82) is 0 Å². The van der Waals surface area contributed by atoms with Gasteiger partial charge >= 0.3 is 0 Å². The van der Waals surface area contributed by atoms with Crippen LogP contribution in [0.3, 0.4) is 0 Å². The molecule has 0 unspecified atom stereocenters. The summed E-state index contributed by atoms with van der Waals surface area (Å²) in [6, 6.07) is 3.57. The number of carbonyl (C=O) groups excluding carboxylic acids is 1. The fourth-order valence-electron chi connectivity index (χ4n) is 1.38. The minimum atomic E-state index is -3.87. The minimum absolute atomic E-state index is 0.324. The fraction of sp³-hybridized carbons (Fsp3) is 0.222. The zero-order valence-electron chi connectivity index (χ0n) is 9.17. The van der Waals surface area contributed by atoms with Gasteiger partial charge < -0.3 is 5.73 Å². The Hall–Kier alpha value is -1.41. The van der Waals surface area contributed by atoms with Crippen LogP contribution in [0.4, 0.5) is 0 Å². The molecular weight excluding hydrogens is 266 g/mol. The quantitative estimate of drug-likeness (QED) is 0.807. The highest BCUT2D eigenvalue weighted by Gasteiger charge is 2.25. The lowest BCUT2D eigenvalue weighted by atomic mass is 10.2. The first-order valence-electron chi connectivity index (χ1n) is 4.38. The van der Waals surface area contributed by atoms with E-state index >= 15 is 0 Å². The van der Waals surface area contributed by atoms with E-state index < -0.39 is 35.4 Å². The summed E-state index contributed by atoms with van der Waals surface area (Å²) >= 11 is 0. The van der Waals surface area contributed by atoms with Gasteiger partial charge in [0.1, 0.15) is 0 Å². The lowest BCUT2D eigenvalue weighted by Gasteiger charge is -2.09. The Morgan fingerprint density at radius 3 is 1.94 bits per heavy atom. The maximum absolute atomic E-state index is 11.6. The number of benzene rings is 1. The number of amides is 1. The van der Waals surface area contributed by atoms with Gasteiger partial charge in [0.05, 0.1) is 15.4 Å². The third-order valence-corrected chi connectivity index (χ3v) is 4.46. The molecule has 0 saturated carbocycles. The first-order valence-corrected chi connectivity index (χ1v) is 8.16. The Balaban J connectivity index is 3.90.